The molecular formula is C13H14ClN5. The van der Waals surface area contributed by atoms with E-state index in [0.29, 0.717) is 22.4 Å². The van der Waals surface area contributed by atoms with Crippen molar-refractivity contribution < 1.29 is 0 Å². The lowest BCUT2D eigenvalue weighted by atomic mass is 9.96. The van der Waals surface area contributed by atoms with Gasteiger partial charge in [0.1, 0.15) is 11.5 Å². The molecule has 0 amide bonds. The van der Waals surface area contributed by atoms with Crippen LogP contribution in [0.2, 0.25) is 5.02 Å². The molecule has 3 N–H and O–H groups in total. The fraction of sp³-hybridized carbons (Fsp3) is 0.308. The molecule has 6 heteroatoms. The van der Waals surface area contributed by atoms with Crippen molar-refractivity contribution in [3.8, 4) is 11.5 Å². The number of nitrogens with two attached hydrogens (primary N) is 1. The van der Waals surface area contributed by atoms with Crippen molar-refractivity contribution in [2.45, 2.75) is 25.7 Å². The summed E-state index contributed by atoms with van der Waals surface area (Å²) in [6.45, 7) is 0. The van der Waals surface area contributed by atoms with Crippen LogP contribution in [0.3, 0.4) is 0 Å². The molecule has 98 valence electrons. The SMILES string of the molecule is NNc1nc(-c2ccc(Cl)cn2)nc2c1CCCC2. The molecule has 0 unspecified atom stereocenters. The van der Waals surface area contributed by atoms with Crippen molar-refractivity contribution in [1.29, 1.82) is 0 Å². The van der Waals surface area contributed by atoms with Crippen LogP contribution in [0.1, 0.15) is 24.1 Å². The molecular weight excluding hydrogens is 262 g/mol. The Morgan fingerprint density at radius 3 is 2.74 bits per heavy atom. The normalized spacial score (nSPS) is 14.0. The van der Waals surface area contributed by atoms with Crippen molar-refractivity contribution in [2.75, 3.05) is 5.43 Å². The van der Waals surface area contributed by atoms with Gasteiger partial charge in [0, 0.05) is 17.5 Å². The standard InChI is InChI=1S/C13H14ClN5/c14-8-5-6-11(16-7-8)13-17-10-4-2-1-3-9(10)12(18-13)19-15/h5-7H,1-4,15H2,(H,17,18,19). The number of aryl methyl sites for hydroxylation is 1. The highest BCUT2D eigenvalue weighted by molar-refractivity contribution is 6.30. The molecule has 2 aromatic rings. The van der Waals surface area contributed by atoms with Crippen LogP contribution >= 0.6 is 11.6 Å². The van der Waals surface area contributed by atoms with Crippen LogP contribution < -0.4 is 11.3 Å². The van der Waals surface area contributed by atoms with Gasteiger partial charge in [-0.1, -0.05) is 11.6 Å². The smallest absolute Gasteiger partial charge is 0.180 e. The van der Waals surface area contributed by atoms with Crippen LogP contribution in [0, 0.1) is 0 Å². The van der Waals surface area contributed by atoms with E-state index in [1.807, 2.05) is 6.07 Å². The van der Waals surface area contributed by atoms with Crippen LogP contribution in [0.15, 0.2) is 18.3 Å². The Kier molecular flexibility index (Phi) is 3.31. The predicted octanol–water partition coefficient (Wildman–Crippen LogP) is 2.36. The van der Waals surface area contributed by atoms with Crippen LogP contribution in [0.4, 0.5) is 5.82 Å². The maximum atomic E-state index is 5.84. The van der Waals surface area contributed by atoms with Crippen molar-refractivity contribution in [1.82, 2.24) is 15.0 Å². The number of anilines is 1. The first-order valence-electron chi connectivity index (χ1n) is 6.26. The van der Waals surface area contributed by atoms with E-state index in [1.165, 1.54) is 0 Å². The molecule has 2 aromatic heterocycles. The second-order valence-electron chi connectivity index (χ2n) is 4.53. The molecule has 2 heterocycles. The summed E-state index contributed by atoms with van der Waals surface area (Å²) in [7, 11) is 0. The molecule has 5 nitrogen and oxygen atoms in total. The molecule has 1 aliphatic rings. The summed E-state index contributed by atoms with van der Waals surface area (Å²) in [6, 6.07) is 3.59. The Morgan fingerprint density at radius 2 is 2.00 bits per heavy atom. The van der Waals surface area contributed by atoms with Crippen molar-refractivity contribution in [2.24, 2.45) is 5.84 Å². The number of nitrogen functional groups attached to an aromatic ring is 1. The van der Waals surface area contributed by atoms with E-state index in [4.69, 9.17) is 17.4 Å². The number of halogens is 1. The zero-order valence-corrected chi connectivity index (χ0v) is 11.1. The number of hydrazine groups is 1. The summed E-state index contributed by atoms with van der Waals surface area (Å²) in [4.78, 5) is 13.3. The zero-order valence-electron chi connectivity index (χ0n) is 10.4. The summed E-state index contributed by atoms with van der Waals surface area (Å²) < 4.78 is 0. The third-order valence-corrected chi connectivity index (χ3v) is 3.50. The summed E-state index contributed by atoms with van der Waals surface area (Å²) >= 11 is 5.84. The second kappa shape index (κ2) is 5.11. The van der Waals surface area contributed by atoms with Gasteiger partial charge in [-0.3, -0.25) is 4.98 Å². The Labute approximate surface area is 116 Å². The number of fused-ring (bicyclic) bond motifs is 1. The number of hydrogen-bond donors (Lipinski definition) is 2. The molecule has 3 rings (SSSR count). The van der Waals surface area contributed by atoms with Crippen molar-refractivity contribution in [3.63, 3.8) is 0 Å². The molecule has 1 aliphatic carbocycles. The van der Waals surface area contributed by atoms with Crippen molar-refractivity contribution >= 4 is 17.4 Å². The van der Waals surface area contributed by atoms with Gasteiger partial charge in [0.25, 0.3) is 0 Å². The van der Waals surface area contributed by atoms with E-state index >= 15 is 0 Å². The highest BCUT2D eigenvalue weighted by Crippen LogP contribution is 2.27. The Bertz CT molecular complexity index is 579. The van der Waals surface area contributed by atoms with Crippen LogP contribution in [-0.2, 0) is 12.8 Å². The first-order valence-corrected chi connectivity index (χ1v) is 6.64. The predicted molar refractivity (Wildman–Crippen MR) is 74.7 cm³/mol. The van der Waals surface area contributed by atoms with E-state index in [9.17, 15) is 0 Å². The maximum absolute atomic E-state index is 5.84. The summed E-state index contributed by atoms with van der Waals surface area (Å²) in [5, 5.41) is 0.596. The van der Waals surface area contributed by atoms with Gasteiger partial charge >= 0.3 is 0 Å². The molecule has 0 aliphatic heterocycles. The van der Waals surface area contributed by atoms with Gasteiger partial charge in [-0.15, -0.1) is 0 Å². The molecule has 0 bridgehead atoms. The molecule has 0 spiro atoms. The number of aromatic nitrogens is 3. The molecule has 0 aromatic carbocycles. The Hall–Kier alpha value is -1.72. The summed E-state index contributed by atoms with van der Waals surface area (Å²) in [5.41, 5.74) is 5.58. The summed E-state index contributed by atoms with van der Waals surface area (Å²) in [5.74, 6) is 6.86. The number of rotatable bonds is 2. The van der Waals surface area contributed by atoms with Gasteiger partial charge in [0.05, 0.1) is 5.02 Å². The highest BCUT2D eigenvalue weighted by atomic mass is 35.5. The van der Waals surface area contributed by atoms with Gasteiger partial charge in [-0.25, -0.2) is 15.8 Å². The van der Waals surface area contributed by atoms with Crippen LogP contribution in [0.5, 0.6) is 0 Å². The van der Waals surface area contributed by atoms with Crippen molar-refractivity contribution in [3.05, 3.63) is 34.6 Å². The quantitative estimate of drug-likeness (QED) is 0.650. The number of pyridine rings is 1. The summed E-state index contributed by atoms with van der Waals surface area (Å²) in [6.07, 6.45) is 5.84. The fourth-order valence-corrected chi connectivity index (χ4v) is 2.45. The monoisotopic (exact) mass is 275 g/mol. The first kappa shape index (κ1) is 12.3. The molecule has 0 fully saturated rings. The van der Waals surface area contributed by atoms with E-state index in [1.54, 1.807) is 12.3 Å². The fourth-order valence-electron chi connectivity index (χ4n) is 2.34. The van der Waals surface area contributed by atoms with E-state index < -0.39 is 0 Å². The van der Waals surface area contributed by atoms with Gasteiger partial charge in [-0.05, 0) is 37.8 Å². The first-order chi connectivity index (χ1) is 9.28. The average Bonchev–Trinajstić information content (AvgIpc) is 2.47. The number of hydrogen-bond acceptors (Lipinski definition) is 5. The van der Waals surface area contributed by atoms with E-state index in [0.717, 1.165) is 36.9 Å². The van der Waals surface area contributed by atoms with Crippen LogP contribution in [0.25, 0.3) is 11.5 Å². The third-order valence-electron chi connectivity index (χ3n) is 3.28. The van der Waals surface area contributed by atoms with E-state index in [-0.39, 0.29) is 0 Å². The zero-order chi connectivity index (χ0) is 13.2. The molecule has 19 heavy (non-hydrogen) atoms. The van der Waals surface area contributed by atoms with Gasteiger partial charge in [-0.2, -0.15) is 0 Å². The van der Waals surface area contributed by atoms with Gasteiger partial charge in [0.15, 0.2) is 5.82 Å². The second-order valence-corrected chi connectivity index (χ2v) is 4.97. The highest BCUT2D eigenvalue weighted by Gasteiger charge is 2.18. The largest absolute Gasteiger partial charge is 0.308 e. The van der Waals surface area contributed by atoms with Gasteiger partial charge < -0.3 is 5.43 Å². The van der Waals surface area contributed by atoms with E-state index in [2.05, 4.69) is 20.4 Å². The lowest BCUT2D eigenvalue weighted by molar-refractivity contribution is 0.664. The number of nitrogens with zero attached hydrogens (tertiary/aromatic N) is 3. The Balaban J connectivity index is 2.09. The minimum Gasteiger partial charge on any atom is -0.308 e. The minimum atomic E-state index is 0.588. The van der Waals surface area contributed by atoms with Gasteiger partial charge in [0.2, 0.25) is 0 Å². The lowest BCUT2D eigenvalue weighted by Crippen LogP contribution is -2.17. The Morgan fingerprint density at radius 1 is 1.16 bits per heavy atom. The lowest BCUT2D eigenvalue weighted by Gasteiger charge is -2.18. The molecule has 0 radical (unpaired) electrons. The average molecular weight is 276 g/mol. The van der Waals surface area contributed by atoms with Crippen LogP contribution in [-0.4, -0.2) is 15.0 Å². The maximum Gasteiger partial charge on any atom is 0.180 e. The molecule has 0 saturated heterocycles. The molecule has 0 atom stereocenters. The molecule has 0 saturated carbocycles. The number of nitrogens with one attached hydrogen (secondary N) is 1. The third kappa shape index (κ3) is 2.39. The topological polar surface area (TPSA) is 76.7 Å². The minimum absolute atomic E-state index is 0.588.